The van der Waals surface area contributed by atoms with Gasteiger partial charge < -0.3 is 9.80 Å². The lowest BCUT2D eigenvalue weighted by Crippen LogP contribution is -2.61. The number of amides is 2. The van der Waals surface area contributed by atoms with E-state index in [-0.39, 0.29) is 23.9 Å². The molecule has 0 aromatic heterocycles. The molecule has 1 aliphatic heterocycles. The van der Waals surface area contributed by atoms with Crippen LogP contribution in [-0.4, -0.2) is 46.8 Å². The van der Waals surface area contributed by atoms with E-state index in [0.29, 0.717) is 13.1 Å². The van der Waals surface area contributed by atoms with Gasteiger partial charge in [0.2, 0.25) is 0 Å². The molecule has 1 heterocycles. The highest BCUT2D eigenvalue weighted by molar-refractivity contribution is 6.35. The second-order valence-electron chi connectivity index (χ2n) is 7.61. The van der Waals surface area contributed by atoms with Gasteiger partial charge in [-0.3, -0.25) is 9.59 Å². The van der Waals surface area contributed by atoms with Gasteiger partial charge >= 0.3 is 11.8 Å². The second-order valence-corrected chi connectivity index (χ2v) is 7.61. The van der Waals surface area contributed by atoms with Crippen molar-refractivity contribution >= 4 is 11.8 Å². The smallest absolute Gasteiger partial charge is 0.312 e. The minimum absolute atomic E-state index is 0.136. The highest BCUT2D eigenvalue weighted by Crippen LogP contribution is 2.24. The zero-order valence-electron chi connectivity index (χ0n) is 17.1. The van der Waals surface area contributed by atoms with Crippen LogP contribution < -0.4 is 0 Å². The van der Waals surface area contributed by atoms with Crippen LogP contribution in [0.4, 0.5) is 0 Å². The van der Waals surface area contributed by atoms with Crippen molar-refractivity contribution < 1.29 is 9.59 Å². The largest absolute Gasteiger partial charge is 0.333 e. The summed E-state index contributed by atoms with van der Waals surface area (Å²) in [5.41, 5.74) is 0. The van der Waals surface area contributed by atoms with Gasteiger partial charge in [-0.25, -0.2) is 0 Å². The van der Waals surface area contributed by atoms with Gasteiger partial charge in [0.25, 0.3) is 0 Å². The normalized spacial score (nSPS) is 19.6. The molecule has 0 aliphatic carbocycles. The third-order valence-corrected chi connectivity index (χ3v) is 5.47. The Morgan fingerprint density at radius 3 is 1.88 bits per heavy atom. The highest BCUT2D eigenvalue weighted by atomic mass is 16.2. The van der Waals surface area contributed by atoms with Crippen molar-refractivity contribution in [1.29, 1.82) is 0 Å². The van der Waals surface area contributed by atoms with E-state index in [0.717, 1.165) is 19.3 Å². The molecule has 0 radical (unpaired) electrons. The summed E-state index contributed by atoms with van der Waals surface area (Å²) in [4.78, 5) is 28.7. The molecule has 4 nitrogen and oxygen atoms in total. The topological polar surface area (TPSA) is 40.6 Å². The molecule has 0 aromatic rings. The minimum atomic E-state index is -0.301. The molecule has 0 aromatic carbocycles. The van der Waals surface area contributed by atoms with E-state index >= 15 is 0 Å². The molecule has 2 unspecified atom stereocenters. The number of unbranched alkanes of at least 4 members (excludes halogenated alkanes) is 7. The Kier molecular flexibility index (Phi) is 10.8. The van der Waals surface area contributed by atoms with Gasteiger partial charge in [-0.05, 0) is 26.7 Å². The van der Waals surface area contributed by atoms with E-state index in [1.54, 1.807) is 4.90 Å². The maximum atomic E-state index is 12.7. The first-order chi connectivity index (χ1) is 12.1. The molecule has 1 aliphatic rings. The van der Waals surface area contributed by atoms with Crippen LogP contribution >= 0.6 is 0 Å². The van der Waals surface area contributed by atoms with Gasteiger partial charge in [0.1, 0.15) is 0 Å². The molecular weight excluding hydrogens is 312 g/mol. The lowest BCUT2D eigenvalue weighted by Gasteiger charge is -2.43. The number of carbonyl (C=O) groups excluding carboxylic acids is 2. The zero-order valence-corrected chi connectivity index (χ0v) is 17.1. The van der Waals surface area contributed by atoms with E-state index in [1.807, 2.05) is 11.8 Å². The van der Waals surface area contributed by atoms with Gasteiger partial charge in [-0.1, -0.05) is 71.6 Å². The fourth-order valence-corrected chi connectivity index (χ4v) is 3.95. The Labute approximate surface area is 155 Å². The average molecular weight is 353 g/mol. The predicted molar refractivity (Wildman–Crippen MR) is 104 cm³/mol. The molecule has 0 spiro atoms. The fraction of sp³-hybridized carbons (Fsp3) is 0.905. The molecule has 4 heteroatoms. The Bertz CT molecular complexity index is 397. The summed E-state index contributed by atoms with van der Waals surface area (Å²) in [6.45, 7) is 9.81. The summed E-state index contributed by atoms with van der Waals surface area (Å²) in [7, 11) is 0. The number of hydrogen-bond donors (Lipinski definition) is 0. The lowest BCUT2D eigenvalue weighted by molar-refractivity contribution is -0.161. The van der Waals surface area contributed by atoms with Crippen LogP contribution in [0.5, 0.6) is 0 Å². The van der Waals surface area contributed by atoms with Crippen LogP contribution in [0.3, 0.4) is 0 Å². The third-order valence-electron chi connectivity index (χ3n) is 5.47. The first kappa shape index (κ1) is 22.0. The maximum absolute atomic E-state index is 12.7. The number of likely N-dealkylation sites (N-methyl/N-ethyl adjacent to an activating group) is 1. The summed E-state index contributed by atoms with van der Waals surface area (Å²) in [5, 5.41) is 0. The van der Waals surface area contributed by atoms with Crippen molar-refractivity contribution in [3.05, 3.63) is 0 Å². The molecule has 0 bridgehead atoms. The van der Waals surface area contributed by atoms with Crippen molar-refractivity contribution in [2.45, 2.75) is 110 Å². The molecule has 0 saturated carbocycles. The van der Waals surface area contributed by atoms with Crippen LogP contribution in [-0.2, 0) is 9.59 Å². The van der Waals surface area contributed by atoms with Crippen molar-refractivity contribution in [2.24, 2.45) is 0 Å². The summed E-state index contributed by atoms with van der Waals surface area (Å²) in [6, 6.07) is 0.376. The summed E-state index contributed by atoms with van der Waals surface area (Å²) < 4.78 is 0. The quantitative estimate of drug-likeness (QED) is 0.354. The van der Waals surface area contributed by atoms with Gasteiger partial charge in [-0.15, -0.1) is 0 Å². The number of piperazine rings is 1. The number of carbonyl (C=O) groups is 2. The minimum Gasteiger partial charge on any atom is -0.333 e. The lowest BCUT2D eigenvalue weighted by atomic mass is 9.96. The molecule has 1 rings (SSSR count). The number of hydrogen-bond acceptors (Lipinski definition) is 2. The highest BCUT2D eigenvalue weighted by Gasteiger charge is 2.39. The van der Waals surface area contributed by atoms with E-state index in [1.165, 1.54) is 51.4 Å². The van der Waals surface area contributed by atoms with E-state index in [9.17, 15) is 9.59 Å². The van der Waals surface area contributed by atoms with Crippen LogP contribution in [0.1, 0.15) is 98.3 Å². The molecule has 2 atom stereocenters. The predicted octanol–water partition coefficient (Wildman–Crippen LogP) is 4.77. The fourth-order valence-electron chi connectivity index (χ4n) is 3.95. The summed E-state index contributed by atoms with van der Waals surface area (Å²) in [6.07, 6.45) is 13.2. The van der Waals surface area contributed by atoms with Crippen LogP contribution in [0.2, 0.25) is 0 Å². The molecule has 0 N–H and O–H groups in total. The monoisotopic (exact) mass is 352 g/mol. The SMILES string of the molecule is CCCCCCCC(CCCCCC)N1C(=O)C(=O)N(CC)CC1C. The first-order valence-electron chi connectivity index (χ1n) is 10.7. The first-order valence-corrected chi connectivity index (χ1v) is 10.7. The van der Waals surface area contributed by atoms with Crippen molar-refractivity contribution in [2.75, 3.05) is 13.1 Å². The van der Waals surface area contributed by atoms with E-state index < -0.39 is 0 Å². The molecular formula is C21H40N2O2. The van der Waals surface area contributed by atoms with Gasteiger partial charge in [0.05, 0.1) is 0 Å². The standard InChI is InChI=1S/C21H40N2O2/c1-5-8-10-12-14-16-19(15-13-11-9-6-2)23-18(4)17-22(7-3)20(24)21(23)25/h18-19H,5-17H2,1-4H3. The van der Waals surface area contributed by atoms with Crippen LogP contribution in [0, 0.1) is 0 Å². The third kappa shape index (κ3) is 6.99. The zero-order chi connectivity index (χ0) is 18.7. The Morgan fingerprint density at radius 1 is 0.840 bits per heavy atom. The van der Waals surface area contributed by atoms with Crippen molar-refractivity contribution in [3.63, 3.8) is 0 Å². The Morgan fingerprint density at radius 2 is 1.36 bits per heavy atom. The van der Waals surface area contributed by atoms with Crippen LogP contribution in [0.15, 0.2) is 0 Å². The van der Waals surface area contributed by atoms with Gasteiger partial charge in [0, 0.05) is 25.2 Å². The van der Waals surface area contributed by atoms with Gasteiger partial charge in [0.15, 0.2) is 0 Å². The molecule has 146 valence electrons. The van der Waals surface area contributed by atoms with E-state index in [2.05, 4.69) is 20.8 Å². The Balaban J connectivity index is 2.67. The molecule has 1 saturated heterocycles. The molecule has 25 heavy (non-hydrogen) atoms. The van der Waals surface area contributed by atoms with Gasteiger partial charge in [-0.2, -0.15) is 0 Å². The number of rotatable bonds is 13. The average Bonchev–Trinajstić information content (AvgIpc) is 2.60. The number of nitrogens with zero attached hydrogens (tertiary/aromatic N) is 2. The van der Waals surface area contributed by atoms with Crippen molar-refractivity contribution in [3.8, 4) is 0 Å². The molecule has 1 fully saturated rings. The Hall–Kier alpha value is -1.06. The maximum Gasteiger partial charge on any atom is 0.312 e. The summed E-state index contributed by atoms with van der Waals surface area (Å²) >= 11 is 0. The van der Waals surface area contributed by atoms with Crippen molar-refractivity contribution in [1.82, 2.24) is 9.80 Å². The summed E-state index contributed by atoms with van der Waals surface area (Å²) in [5.74, 6) is -0.570. The van der Waals surface area contributed by atoms with Crippen LogP contribution in [0.25, 0.3) is 0 Å². The molecule has 2 amide bonds. The second kappa shape index (κ2) is 12.3. The van der Waals surface area contributed by atoms with E-state index in [4.69, 9.17) is 0 Å².